The van der Waals surface area contributed by atoms with Crippen molar-refractivity contribution in [3.63, 3.8) is 0 Å². The Balaban J connectivity index is 1.72. The zero-order valence-electron chi connectivity index (χ0n) is 13.5. The van der Waals surface area contributed by atoms with Crippen LogP contribution in [-0.4, -0.2) is 34.4 Å². The second-order valence-corrected chi connectivity index (χ2v) is 5.83. The number of aryl methyl sites for hydroxylation is 1. The average molecular weight is 344 g/mol. The molecule has 1 aromatic carbocycles. The summed E-state index contributed by atoms with van der Waals surface area (Å²) in [4.78, 5) is 8.46. The Labute approximate surface area is 143 Å². The van der Waals surface area contributed by atoms with E-state index >= 15 is 0 Å². The minimum absolute atomic E-state index is 0.413. The van der Waals surface area contributed by atoms with Gasteiger partial charge < -0.3 is 13.9 Å². The van der Waals surface area contributed by atoms with Gasteiger partial charge >= 0.3 is 0 Å². The summed E-state index contributed by atoms with van der Waals surface area (Å²) < 4.78 is 16.2. The van der Waals surface area contributed by atoms with Gasteiger partial charge in [-0.15, -0.1) is 10.2 Å². The summed E-state index contributed by atoms with van der Waals surface area (Å²) in [6.07, 6.45) is 2.20. The number of hydrogen-bond donors (Lipinski definition) is 0. The minimum atomic E-state index is 0.413. The number of aromatic nitrogens is 4. The molecule has 0 aliphatic heterocycles. The highest BCUT2D eigenvalue weighted by Crippen LogP contribution is 2.29. The maximum atomic E-state index is 5.65. The molecule has 124 valence electrons. The van der Waals surface area contributed by atoms with Crippen LogP contribution in [0.2, 0.25) is 0 Å². The molecule has 0 aliphatic carbocycles. The summed E-state index contributed by atoms with van der Waals surface area (Å²) in [5.41, 5.74) is 1.87. The van der Waals surface area contributed by atoms with Gasteiger partial charge in [0.05, 0.1) is 20.6 Å². The first-order valence-corrected chi connectivity index (χ1v) is 8.00. The van der Waals surface area contributed by atoms with E-state index in [1.807, 2.05) is 31.2 Å². The highest BCUT2D eigenvalue weighted by molar-refractivity contribution is 7.98. The molecule has 2 heterocycles. The van der Waals surface area contributed by atoms with Gasteiger partial charge in [0.25, 0.3) is 5.22 Å². The molecule has 0 saturated heterocycles. The molecule has 0 unspecified atom stereocenters. The smallest absolute Gasteiger partial charge is 0.284 e. The van der Waals surface area contributed by atoms with Crippen LogP contribution in [0.15, 0.2) is 45.3 Å². The van der Waals surface area contributed by atoms with E-state index in [4.69, 9.17) is 13.9 Å². The standard InChI is InChI=1S/C16H16N4O3S/c1-10-6-7-17-15(18-10)24-16-20-19-14(23-16)9-11-4-5-12(21-2)13(8-11)22-3/h4-8H,9H2,1-3H3. The molecular weight excluding hydrogens is 328 g/mol. The molecule has 3 rings (SSSR count). The molecule has 0 aliphatic rings. The van der Waals surface area contributed by atoms with Crippen LogP contribution in [0.3, 0.4) is 0 Å². The predicted octanol–water partition coefficient (Wildman–Crippen LogP) is 2.93. The number of nitrogens with zero attached hydrogens (tertiary/aromatic N) is 4. The summed E-state index contributed by atoms with van der Waals surface area (Å²) in [5.74, 6) is 1.86. The van der Waals surface area contributed by atoms with E-state index < -0.39 is 0 Å². The fourth-order valence-electron chi connectivity index (χ4n) is 2.07. The van der Waals surface area contributed by atoms with E-state index in [-0.39, 0.29) is 0 Å². The maximum absolute atomic E-state index is 5.65. The molecule has 0 spiro atoms. The van der Waals surface area contributed by atoms with E-state index in [1.165, 1.54) is 11.8 Å². The lowest BCUT2D eigenvalue weighted by Crippen LogP contribution is -1.94. The van der Waals surface area contributed by atoms with Gasteiger partial charge in [0.2, 0.25) is 5.89 Å². The van der Waals surface area contributed by atoms with E-state index in [0.717, 1.165) is 11.3 Å². The molecule has 3 aromatic rings. The SMILES string of the molecule is COc1ccc(Cc2nnc(Sc3nccc(C)n3)o2)cc1OC. The third-order valence-electron chi connectivity index (χ3n) is 3.20. The molecule has 0 bridgehead atoms. The van der Waals surface area contributed by atoms with Gasteiger partial charge in [-0.2, -0.15) is 0 Å². The van der Waals surface area contributed by atoms with Crippen molar-refractivity contribution in [3.05, 3.63) is 47.6 Å². The van der Waals surface area contributed by atoms with Crippen molar-refractivity contribution in [2.45, 2.75) is 23.7 Å². The number of methoxy groups -OCH3 is 2. The van der Waals surface area contributed by atoms with Gasteiger partial charge in [-0.05, 0) is 30.7 Å². The maximum Gasteiger partial charge on any atom is 0.284 e. The van der Waals surface area contributed by atoms with E-state index in [9.17, 15) is 0 Å². The van der Waals surface area contributed by atoms with Crippen LogP contribution in [0.4, 0.5) is 0 Å². The normalized spacial score (nSPS) is 10.6. The Bertz CT molecular complexity index is 838. The molecule has 2 aromatic heterocycles. The van der Waals surface area contributed by atoms with Crippen molar-refractivity contribution in [2.24, 2.45) is 0 Å². The first-order chi connectivity index (χ1) is 11.7. The number of ether oxygens (including phenoxy) is 2. The van der Waals surface area contributed by atoms with Crippen molar-refractivity contribution >= 4 is 11.8 Å². The lowest BCUT2D eigenvalue weighted by Gasteiger charge is -2.08. The Hall–Kier alpha value is -2.61. The van der Waals surface area contributed by atoms with Gasteiger partial charge in [-0.3, -0.25) is 0 Å². The Morgan fingerprint density at radius 2 is 1.92 bits per heavy atom. The molecule has 0 radical (unpaired) electrons. The largest absolute Gasteiger partial charge is 0.493 e. The van der Waals surface area contributed by atoms with Gasteiger partial charge in [0.1, 0.15) is 0 Å². The van der Waals surface area contributed by atoms with Gasteiger partial charge in [0.15, 0.2) is 16.7 Å². The molecule has 0 amide bonds. The molecule has 8 heteroatoms. The lowest BCUT2D eigenvalue weighted by molar-refractivity contribution is 0.354. The minimum Gasteiger partial charge on any atom is -0.493 e. The predicted molar refractivity (Wildman–Crippen MR) is 87.5 cm³/mol. The first-order valence-electron chi connectivity index (χ1n) is 7.18. The van der Waals surface area contributed by atoms with Crippen molar-refractivity contribution in [1.82, 2.24) is 20.2 Å². The topological polar surface area (TPSA) is 83.2 Å². The van der Waals surface area contributed by atoms with Crippen LogP contribution < -0.4 is 9.47 Å². The van der Waals surface area contributed by atoms with Crippen LogP contribution in [0, 0.1) is 6.92 Å². The summed E-state index contributed by atoms with van der Waals surface area (Å²) in [7, 11) is 3.21. The molecular formula is C16H16N4O3S. The molecule has 0 saturated carbocycles. The Morgan fingerprint density at radius 3 is 2.67 bits per heavy atom. The van der Waals surface area contributed by atoms with Crippen molar-refractivity contribution in [3.8, 4) is 11.5 Å². The second-order valence-electron chi connectivity index (χ2n) is 4.91. The van der Waals surface area contributed by atoms with Crippen LogP contribution in [0.25, 0.3) is 0 Å². The molecule has 7 nitrogen and oxygen atoms in total. The first kappa shape index (κ1) is 16.3. The average Bonchev–Trinajstić information content (AvgIpc) is 3.01. The highest BCUT2D eigenvalue weighted by Gasteiger charge is 2.12. The summed E-state index contributed by atoms with van der Waals surface area (Å²) >= 11 is 1.24. The fraction of sp³-hybridized carbons (Fsp3) is 0.250. The number of benzene rings is 1. The monoisotopic (exact) mass is 344 g/mol. The Morgan fingerprint density at radius 1 is 1.08 bits per heavy atom. The van der Waals surface area contributed by atoms with Crippen molar-refractivity contribution in [2.75, 3.05) is 14.2 Å². The molecule has 0 atom stereocenters. The second kappa shape index (κ2) is 7.31. The lowest BCUT2D eigenvalue weighted by atomic mass is 10.1. The zero-order chi connectivity index (χ0) is 16.9. The summed E-state index contributed by atoms with van der Waals surface area (Å²) in [6, 6.07) is 7.50. The quantitative estimate of drug-likeness (QED) is 0.631. The van der Waals surface area contributed by atoms with Crippen molar-refractivity contribution in [1.29, 1.82) is 0 Å². The number of hydrogen-bond acceptors (Lipinski definition) is 8. The van der Waals surface area contributed by atoms with Crippen molar-refractivity contribution < 1.29 is 13.9 Å². The van der Waals surface area contributed by atoms with Crippen LogP contribution in [0.5, 0.6) is 11.5 Å². The zero-order valence-corrected chi connectivity index (χ0v) is 14.3. The molecule has 24 heavy (non-hydrogen) atoms. The third kappa shape index (κ3) is 3.83. The molecule has 0 N–H and O–H groups in total. The van der Waals surface area contributed by atoms with E-state index in [1.54, 1.807) is 20.4 Å². The summed E-state index contributed by atoms with van der Waals surface area (Å²) in [6.45, 7) is 1.90. The van der Waals surface area contributed by atoms with Crippen LogP contribution in [0.1, 0.15) is 17.1 Å². The summed E-state index contributed by atoms with van der Waals surface area (Å²) in [5, 5.41) is 9.08. The Kier molecular flexibility index (Phi) is 4.95. The van der Waals surface area contributed by atoms with Gasteiger partial charge in [-0.25, -0.2) is 9.97 Å². The van der Waals surface area contributed by atoms with Gasteiger partial charge in [0, 0.05) is 23.7 Å². The van der Waals surface area contributed by atoms with E-state index in [2.05, 4.69) is 20.2 Å². The van der Waals surface area contributed by atoms with Crippen LogP contribution in [-0.2, 0) is 6.42 Å². The van der Waals surface area contributed by atoms with Crippen LogP contribution >= 0.6 is 11.8 Å². The van der Waals surface area contributed by atoms with E-state index in [0.29, 0.717) is 34.2 Å². The number of rotatable bonds is 6. The highest BCUT2D eigenvalue weighted by atomic mass is 32.2. The van der Waals surface area contributed by atoms with Gasteiger partial charge in [-0.1, -0.05) is 6.07 Å². The molecule has 0 fully saturated rings. The fourth-order valence-corrected chi connectivity index (χ4v) is 2.75. The third-order valence-corrected chi connectivity index (χ3v) is 3.92.